The molecule has 0 aliphatic rings. The maximum Gasteiger partial charge on any atom is 0.227 e. The molecule has 1 N–H and O–H groups in total. The summed E-state index contributed by atoms with van der Waals surface area (Å²) in [4.78, 5) is 12.3. The molecule has 0 saturated carbocycles. The fourth-order valence-corrected chi connectivity index (χ4v) is 2.64. The molecule has 22 heavy (non-hydrogen) atoms. The largest absolute Gasteiger partial charge is 0.350 e. The zero-order valence-corrected chi connectivity index (χ0v) is 12.8. The molecule has 4 nitrogen and oxygen atoms in total. The summed E-state index contributed by atoms with van der Waals surface area (Å²) in [6, 6.07) is 17.8. The first-order chi connectivity index (χ1) is 10.7. The van der Waals surface area contributed by atoms with Crippen molar-refractivity contribution >= 4 is 16.8 Å². The van der Waals surface area contributed by atoms with E-state index in [1.807, 2.05) is 73.3 Å². The molecule has 0 spiro atoms. The first kappa shape index (κ1) is 14.3. The molecular weight excluding hydrogens is 274 g/mol. The molecule has 1 heterocycles. The molecule has 2 aromatic carbocycles. The summed E-state index contributed by atoms with van der Waals surface area (Å²) in [7, 11) is 1.92. The number of aromatic nitrogens is 2. The van der Waals surface area contributed by atoms with Crippen LogP contribution in [0.3, 0.4) is 0 Å². The van der Waals surface area contributed by atoms with Crippen molar-refractivity contribution in [2.45, 2.75) is 19.4 Å². The number of hydrogen-bond donors (Lipinski definition) is 1. The molecule has 0 aliphatic heterocycles. The Morgan fingerprint density at radius 3 is 2.59 bits per heavy atom. The molecular formula is C18H19N3O. The molecule has 0 saturated heterocycles. The van der Waals surface area contributed by atoms with Gasteiger partial charge in [0.15, 0.2) is 0 Å². The minimum Gasteiger partial charge on any atom is -0.350 e. The van der Waals surface area contributed by atoms with Gasteiger partial charge in [-0.05, 0) is 18.6 Å². The molecule has 1 aromatic heterocycles. The fourth-order valence-electron chi connectivity index (χ4n) is 2.64. The molecule has 4 heteroatoms. The van der Waals surface area contributed by atoms with Crippen LogP contribution in [0.2, 0.25) is 0 Å². The highest BCUT2D eigenvalue weighted by Gasteiger charge is 2.15. The maximum atomic E-state index is 12.3. The zero-order valence-electron chi connectivity index (χ0n) is 12.8. The molecule has 0 bridgehead atoms. The van der Waals surface area contributed by atoms with Crippen molar-refractivity contribution in [3.8, 4) is 0 Å². The van der Waals surface area contributed by atoms with Crippen LogP contribution in [0.1, 0.15) is 24.1 Å². The van der Waals surface area contributed by atoms with E-state index in [9.17, 15) is 4.79 Å². The van der Waals surface area contributed by atoms with Gasteiger partial charge in [0.25, 0.3) is 0 Å². The number of benzene rings is 2. The Balaban J connectivity index is 1.73. The third-order valence-corrected chi connectivity index (χ3v) is 3.96. The van der Waals surface area contributed by atoms with Crippen LogP contribution in [0.4, 0.5) is 0 Å². The van der Waals surface area contributed by atoms with Gasteiger partial charge in [0.05, 0.1) is 23.7 Å². The van der Waals surface area contributed by atoms with Crippen LogP contribution in [0.15, 0.2) is 54.6 Å². The standard InChI is InChI=1S/C18H19N3O/c1-13(14-8-4-3-5-9-14)18(22)19-12-16-15-10-6-7-11-17(15)21(2)20-16/h3-11,13H,12H2,1-2H3,(H,19,22). The van der Waals surface area contributed by atoms with Gasteiger partial charge in [-0.25, -0.2) is 0 Å². The first-order valence-corrected chi connectivity index (χ1v) is 7.40. The van der Waals surface area contributed by atoms with Gasteiger partial charge < -0.3 is 5.32 Å². The molecule has 3 aromatic rings. The molecule has 1 unspecified atom stereocenters. The third-order valence-electron chi connectivity index (χ3n) is 3.96. The lowest BCUT2D eigenvalue weighted by molar-refractivity contribution is -0.122. The first-order valence-electron chi connectivity index (χ1n) is 7.40. The van der Waals surface area contributed by atoms with Gasteiger partial charge in [-0.2, -0.15) is 5.10 Å². The topological polar surface area (TPSA) is 46.9 Å². The van der Waals surface area contributed by atoms with Gasteiger partial charge in [-0.15, -0.1) is 0 Å². The minimum absolute atomic E-state index is 0.0148. The molecule has 0 fully saturated rings. The smallest absolute Gasteiger partial charge is 0.227 e. The second-order valence-corrected chi connectivity index (χ2v) is 5.44. The summed E-state index contributed by atoms with van der Waals surface area (Å²) < 4.78 is 1.84. The van der Waals surface area contributed by atoms with Crippen LogP contribution in [0.5, 0.6) is 0 Å². The van der Waals surface area contributed by atoms with Crippen LogP contribution in [-0.2, 0) is 18.4 Å². The number of rotatable bonds is 4. The second kappa shape index (κ2) is 6.02. The molecule has 112 valence electrons. The molecule has 0 aliphatic carbocycles. The van der Waals surface area contributed by atoms with Gasteiger partial charge in [0, 0.05) is 12.4 Å². The van der Waals surface area contributed by atoms with E-state index in [0.29, 0.717) is 6.54 Å². The van der Waals surface area contributed by atoms with E-state index >= 15 is 0 Å². The molecule has 3 rings (SSSR count). The average molecular weight is 293 g/mol. The summed E-state index contributed by atoms with van der Waals surface area (Å²) in [5.41, 5.74) is 2.99. The predicted molar refractivity (Wildman–Crippen MR) is 87.4 cm³/mol. The van der Waals surface area contributed by atoms with Crippen molar-refractivity contribution in [2.75, 3.05) is 0 Å². The van der Waals surface area contributed by atoms with Crippen LogP contribution < -0.4 is 5.32 Å². The van der Waals surface area contributed by atoms with Gasteiger partial charge in [-0.3, -0.25) is 9.48 Å². The third kappa shape index (κ3) is 2.72. The predicted octanol–water partition coefficient (Wildman–Crippen LogP) is 2.99. The van der Waals surface area contributed by atoms with Crippen LogP contribution in [0.25, 0.3) is 10.9 Å². The van der Waals surface area contributed by atoms with E-state index in [1.54, 1.807) is 0 Å². The van der Waals surface area contributed by atoms with Gasteiger partial charge in [0.1, 0.15) is 0 Å². The number of nitrogens with zero attached hydrogens (tertiary/aromatic N) is 2. The minimum atomic E-state index is -0.170. The van der Waals surface area contributed by atoms with Gasteiger partial charge in [-0.1, -0.05) is 48.5 Å². The Labute approximate surface area is 129 Å². The van der Waals surface area contributed by atoms with E-state index in [-0.39, 0.29) is 11.8 Å². The van der Waals surface area contributed by atoms with Crippen LogP contribution in [-0.4, -0.2) is 15.7 Å². The average Bonchev–Trinajstić information content (AvgIpc) is 2.89. The van der Waals surface area contributed by atoms with Crippen molar-refractivity contribution in [1.29, 1.82) is 0 Å². The molecule has 1 atom stereocenters. The highest BCUT2D eigenvalue weighted by atomic mass is 16.1. The van der Waals surface area contributed by atoms with Crippen LogP contribution >= 0.6 is 0 Å². The summed E-state index contributed by atoms with van der Waals surface area (Å²) >= 11 is 0. The number of hydrogen-bond acceptors (Lipinski definition) is 2. The summed E-state index contributed by atoms with van der Waals surface area (Å²) in [6.07, 6.45) is 0. The van der Waals surface area contributed by atoms with Gasteiger partial charge in [0.2, 0.25) is 5.91 Å². The van der Waals surface area contributed by atoms with Crippen molar-refractivity contribution in [3.63, 3.8) is 0 Å². The quantitative estimate of drug-likeness (QED) is 0.804. The summed E-state index contributed by atoms with van der Waals surface area (Å²) in [5.74, 6) is -0.155. The van der Waals surface area contributed by atoms with Crippen molar-refractivity contribution in [1.82, 2.24) is 15.1 Å². The Morgan fingerprint density at radius 2 is 1.82 bits per heavy atom. The second-order valence-electron chi connectivity index (χ2n) is 5.44. The van der Waals surface area contributed by atoms with E-state index in [2.05, 4.69) is 10.4 Å². The number of carbonyl (C=O) groups excluding carboxylic acids is 1. The number of aryl methyl sites for hydroxylation is 1. The Morgan fingerprint density at radius 1 is 1.14 bits per heavy atom. The zero-order chi connectivity index (χ0) is 15.5. The van der Waals surface area contributed by atoms with Crippen molar-refractivity contribution < 1.29 is 4.79 Å². The normalized spacial score (nSPS) is 12.3. The monoisotopic (exact) mass is 293 g/mol. The fraction of sp³-hybridized carbons (Fsp3) is 0.222. The Kier molecular flexibility index (Phi) is 3.92. The Hall–Kier alpha value is -2.62. The number of para-hydroxylation sites is 1. The number of nitrogens with one attached hydrogen (secondary N) is 1. The van der Waals surface area contributed by atoms with Crippen molar-refractivity contribution in [3.05, 3.63) is 65.9 Å². The maximum absolute atomic E-state index is 12.3. The number of carbonyl (C=O) groups is 1. The summed E-state index contributed by atoms with van der Waals surface area (Å²) in [5, 5.41) is 8.56. The lowest BCUT2D eigenvalue weighted by Gasteiger charge is -2.11. The van der Waals surface area contributed by atoms with E-state index < -0.39 is 0 Å². The SMILES string of the molecule is CC(C(=O)NCc1nn(C)c2ccccc12)c1ccccc1. The van der Waals surface area contributed by atoms with Crippen molar-refractivity contribution in [2.24, 2.45) is 7.05 Å². The highest BCUT2D eigenvalue weighted by molar-refractivity contribution is 5.85. The number of fused-ring (bicyclic) bond motifs is 1. The molecule has 1 amide bonds. The lowest BCUT2D eigenvalue weighted by Crippen LogP contribution is -2.27. The highest BCUT2D eigenvalue weighted by Crippen LogP contribution is 2.18. The lowest BCUT2D eigenvalue weighted by atomic mass is 10.0. The van der Waals surface area contributed by atoms with E-state index in [4.69, 9.17) is 0 Å². The Bertz CT molecular complexity index is 792. The summed E-state index contributed by atoms with van der Waals surface area (Å²) in [6.45, 7) is 2.36. The molecule has 0 radical (unpaired) electrons. The van der Waals surface area contributed by atoms with E-state index in [0.717, 1.165) is 22.2 Å². The van der Waals surface area contributed by atoms with E-state index in [1.165, 1.54) is 0 Å². The number of amides is 1. The van der Waals surface area contributed by atoms with Crippen LogP contribution in [0, 0.1) is 0 Å². The van der Waals surface area contributed by atoms with Gasteiger partial charge >= 0.3 is 0 Å².